The van der Waals surface area contributed by atoms with Gasteiger partial charge >= 0.3 is 0 Å². The second-order valence-electron chi connectivity index (χ2n) is 14.4. The van der Waals surface area contributed by atoms with Gasteiger partial charge in [-0.1, -0.05) is 158 Å². The van der Waals surface area contributed by atoms with Crippen LogP contribution >= 0.6 is 0 Å². The maximum absolute atomic E-state index is 15.7. The molecule has 0 saturated carbocycles. The van der Waals surface area contributed by atoms with Crippen LogP contribution in [-0.4, -0.2) is 67.9 Å². The van der Waals surface area contributed by atoms with Crippen LogP contribution in [-0.2, 0) is 66.2 Å². The average Bonchev–Trinajstić information content (AvgIpc) is 3.55. The minimum absolute atomic E-state index is 0.00294. The lowest BCUT2D eigenvalue weighted by molar-refractivity contribution is -0.214. The fourth-order valence-corrected chi connectivity index (χ4v) is 6.89. The summed E-state index contributed by atoms with van der Waals surface area (Å²) in [6.07, 6.45) is -7.69. The van der Waals surface area contributed by atoms with Crippen molar-refractivity contribution in [1.82, 2.24) is 0 Å². The Morgan fingerprint density at radius 1 is 0.500 bits per heavy atom. The van der Waals surface area contributed by atoms with Crippen LogP contribution in [0.2, 0.25) is 0 Å². The van der Waals surface area contributed by atoms with Gasteiger partial charge in [-0.25, -0.2) is 4.39 Å². The molecule has 1 heterocycles. The van der Waals surface area contributed by atoms with Crippen molar-refractivity contribution in [2.24, 2.45) is 0 Å². The van der Waals surface area contributed by atoms with Crippen molar-refractivity contribution in [1.29, 1.82) is 0 Å². The molecule has 0 aromatic heterocycles. The summed E-state index contributed by atoms with van der Waals surface area (Å²) in [6, 6.07) is 53.7. The highest BCUT2D eigenvalue weighted by atomic mass is 19.1. The Morgan fingerprint density at radius 2 is 0.983 bits per heavy atom. The van der Waals surface area contributed by atoms with E-state index in [0.717, 1.165) is 38.6 Å². The van der Waals surface area contributed by atoms with Gasteiger partial charge in [0.25, 0.3) is 0 Å². The average molecular weight is 787 g/mol. The van der Waals surface area contributed by atoms with Gasteiger partial charge in [-0.2, -0.15) is 0 Å². The van der Waals surface area contributed by atoms with E-state index in [1.807, 2.05) is 133 Å². The van der Waals surface area contributed by atoms with Crippen molar-refractivity contribution < 1.29 is 42.7 Å². The number of aliphatic hydroxyl groups is 1. The van der Waals surface area contributed by atoms with Gasteiger partial charge in [-0.3, -0.25) is 0 Å². The third-order valence-electron chi connectivity index (χ3n) is 10.1. The van der Waals surface area contributed by atoms with Crippen LogP contribution in [0.3, 0.4) is 0 Å². The number of hydrogen-bond acceptors (Lipinski definition) is 8. The summed E-state index contributed by atoms with van der Waals surface area (Å²) in [7, 11) is 0. The fourth-order valence-electron chi connectivity index (χ4n) is 6.89. The largest absolute Gasteiger partial charge is 0.387 e. The van der Waals surface area contributed by atoms with E-state index in [0.29, 0.717) is 13.2 Å². The molecule has 6 aromatic rings. The summed E-state index contributed by atoms with van der Waals surface area (Å²) in [5.74, 6) is 0. The molecule has 1 fully saturated rings. The van der Waals surface area contributed by atoms with Crippen molar-refractivity contribution in [3.63, 3.8) is 0 Å². The molecule has 6 aromatic carbocycles. The molecule has 1 aliphatic rings. The molecular formula is C49H51FO8. The molecule has 4 unspecified atom stereocenters. The molecule has 7 atom stereocenters. The molecule has 58 heavy (non-hydrogen) atoms. The summed E-state index contributed by atoms with van der Waals surface area (Å²) < 4.78 is 60.1. The first-order valence-corrected chi connectivity index (χ1v) is 19.8. The molecule has 0 radical (unpaired) electrons. The Bertz CT molecular complexity index is 2060. The van der Waals surface area contributed by atoms with Crippen molar-refractivity contribution in [2.45, 2.75) is 76.0 Å². The van der Waals surface area contributed by atoms with E-state index in [4.69, 9.17) is 33.2 Å². The molecule has 1 N–H and O–H groups in total. The van der Waals surface area contributed by atoms with E-state index < -0.39 is 43.0 Å². The van der Waals surface area contributed by atoms with Crippen molar-refractivity contribution in [3.05, 3.63) is 192 Å². The molecule has 8 nitrogen and oxygen atoms in total. The normalized spacial score (nSPS) is 19.6. The number of alkyl halides is 1. The Kier molecular flexibility index (Phi) is 15.5. The van der Waals surface area contributed by atoms with Crippen LogP contribution in [0, 0.1) is 0 Å². The molecule has 1 aliphatic heterocycles. The monoisotopic (exact) mass is 786 g/mol. The van der Waals surface area contributed by atoms with Gasteiger partial charge in [-0.05, 0) is 44.7 Å². The lowest BCUT2D eigenvalue weighted by Crippen LogP contribution is -2.48. The Hall–Kier alpha value is -4.81. The Balaban J connectivity index is 1.11. The molecule has 0 bridgehead atoms. The van der Waals surface area contributed by atoms with E-state index >= 15 is 4.39 Å². The van der Waals surface area contributed by atoms with Crippen molar-refractivity contribution in [3.8, 4) is 0 Å². The van der Waals surface area contributed by atoms with Crippen LogP contribution in [0.25, 0.3) is 10.8 Å². The van der Waals surface area contributed by atoms with Gasteiger partial charge in [0.15, 0.2) is 12.5 Å². The molecule has 9 heteroatoms. The van der Waals surface area contributed by atoms with E-state index in [1.54, 1.807) is 0 Å². The maximum Gasteiger partial charge on any atom is 0.192 e. The fraction of sp³-hybridized carbons (Fsp3) is 0.306. The SMILES string of the molecule is O[C@@H]1C(F)[C@H](OCC(OCc2ccccc2)C(OCc2ccccc2)C(COCc2ccc3ccccc3c2)OCc2ccccc2)O[C@@H]1COCc1ccccc1. The minimum Gasteiger partial charge on any atom is -0.387 e. The second kappa shape index (κ2) is 21.8. The van der Waals surface area contributed by atoms with E-state index in [1.165, 1.54) is 0 Å². The van der Waals surface area contributed by atoms with Crippen LogP contribution in [0.15, 0.2) is 164 Å². The predicted molar refractivity (Wildman–Crippen MR) is 220 cm³/mol. The summed E-state index contributed by atoms with van der Waals surface area (Å²) >= 11 is 0. The zero-order chi connectivity index (χ0) is 39.8. The molecule has 0 spiro atoms. The first-order chi connectivity index (χ1) is 28.6. The third-order valence-corrected chi connectivity index (χ3v) is 10.1. The molecule has 302 valence electrons. The number of halogens is 1. The first-order valence-electron chi connectivity index (χ1n) is 19.8. The number of rotatable bonds is 22. The summed E-state index contributed by atoms with van der Waals surface area (Å²) in [5.41, 5.74) is 4.87. The Morgan fingerprint density at radius 3 is 1.57 bits per heavy atom. The van der Waals surface area contributed by atoms with E-state index in [9.17, 15) is 5.11 Å². The molecule has 0 amide bonds. The number of benzene rings is 6. The van der Waals surface area contributed by atoms with Gasteiger partial charge in [0, 0.05) is 0 Å². The van der Waals surface area contributed by atoms with Crippen molar-refractivity contribution in [2.75, 3.05) is 19.8 Å². The molecule has 1 saturated heterocycles. The maximum atomic E-state index is 15.7. The standard InChI is InChI=1S/C49H51FO8/c50-46-47(51)43(33-52-28-36-15-5-1-6-16-36)58-49(46)57-35-45(55-31-38-19-9-3-10-20-38)48(56-32-39-21-11-4-12-22-39)44(54-30-37-17-7-2-8-18-37)34-53-29-40-25-26-41-23-13-14-24-42(41)27-40/h1-27,43-49,51H,28-35H2/t43-,44?,45?,46?,47+,48?,49-/m1/s1. The number of hydrogen-bond donors (Lipinski definition) is 1. The van der Waals surface area contributed by atoms with Gasteiger partial charge in [-0.15, -0.1) is 0 Å². The molecule has 7 rings (SSSR count). The highest BCUT2D eigenvalue weighted by molar-refractivity contribution is 5.82. The lowest BCUT2D eigenvalue weighted by atomic mass is 10.1. The van der Waals surface area contributed by atoms with Crippen LogP contribution in [0.1, 0.15) is 27.8 Å². The van der Waals surface area contributed by atoms with Gasteiger partial charge in [0.2, 0.25) is 0 Å². The lowest BCUT2D eigenvalue weighted by Gasteiger charge is -2.34. The van der Waals surface area contributed by atoms with Crippen LogP contribution in [0.4, 0.5) is 4.39 Å². The number of fused-ring (bicyclic) bond motifs is 1. The topological polar surface area (TPSA) is 84.8 Å². The zero-order valence-corrected chi connectivity index (χ0v) is 32.5. The first kappa shape index (κ1) is 41.4. The third kappa shape index (κ3) is 12.1. The van der Waals surface area contributed by atoms with Crippen LogP contribution < -0.4 is 0 Å². The summed E-state index contributed by atoms with van der Waals surface area (Å²) in [5, 5.41) is 13.1. The predicted octanol–water partition coefficient (Wildman–Crippen LogP) is 8.77. The summed E-state index contributed by atoms with van der Waals surface area (Å²) in [6.45, 7) is 1.45. The van der Waals surface area contributed by atoms with E-state index in [2.05, 4.69) is 30.3 Å². The Labute approximate surface area is 340 Å². The molecule has 0 aliphatic carbocycles. The molecular weight excluding hydrogens is 736 g/mol. The zero-order valence-electron chi connectivity index (χ0n) is 32.5. The minimum atomic E-state index is -1.81. The number of aliphatic hydroxyl groups excluding tert-OH is 1. The second-order valence-corrected chi connectivity index (χ2v) is 14.4. The quantitative estimate of drug-likeness (QED) is 0.0732. The summed E-state index contributed by atoms with van der Waals surface area (Å²) in [4.78, 5) is 0. The highest BCUT2D eigenvalue weighted by Gasteiger charge is 2.46. The van der Waals surface area contributed by atoms with Crippen LogP contribution in [0.5, 0.6) is 0 Å². The van der Waals surface area contributed by atoms with E-state index in [-0.39, 0.29) is 39.6 Å². The highest BCUT2D eigenvalue weighted by Crippen LogP contribution is 2.28. The van der Waals surface area contributed by atoms with Gasteiger partial charge in [0.05, 0.1) is 52.9 Å². The smallest absolute Gasteiger partial charge is 0.192 e. The van der Waals surface area contributed by atoms with Gasteiger partial charge < -0.3 is 38.3 Å². The van der Waals surface area contributed by atoms with Gasteiger partial charge in [0.1, 0.15) is 30.5 Å². The van der Waals surface area contributed by atoms with Crippen molar-refractivity contribution >= 4 is 10.8 Å². The number of ether oxygens (including phenoxy) is 7.